The Kier molecular flexibility index (Phi) is 5.30. The number of halogens is 3. The number of nitrogens with one attached hydrogen (secondary N) is 1. The predicted octanol–water partition coefficient (Wildman–Crippen LogP) is 4.19. The van der Waals surface area contributed by atoms with Crippen LogP contribution in [0, 0.1) is 0 Å². The number of amides is 1. The molecule has 1 heterocycles. The lowest BCUT2D eigenvalue weighted by molar-refractivity contribution is -0.144. The minimum Gasteiger partial charge on any atom is -0.444 e. The van der Waals surface area contributed by atoms with Crippen LogP contribution in [0.15, 0.2) is 36.7 Å². The topological polar surface area (TPSA) is 64.1 Å². The van der Waals surface area contributed by atoms with Crippen molar-refractivity contribution in [1.29, 1.82) is 0 Å². The largest absolute Gasteiger partial charge is 0.451 e. The maximum Gasteiger partial charge on any atom is 0.451 e. The lowest BCUT2D eigenvalue weighted by Gasteiger charge is -2.19. The number of hydrogen-bond donors (Lipinski definition) is 1. The van der Waals surface area contributed by atoms with E-state index in [-0.39, 0.29) is 6.54 Å². The van der Waals surface area contributed by atoms with E-state index in [0.29, 0.717) is 11.1 Å². The number of aromatic nitrogens is 2. The molecule has 1 N–H and O–H groups in total. The van der Waals surface area contributed by atoms with Gasteiger partial charge in [0.25, 0.3) is 0 Å². The van der Waals surface area contributed by atoms with Gasteiger partial charge >= 0.3 is 12.3 Å². The third-order valence-corrected chi connectivity index (χ3v) is 3.00. The third kappa shape index (κ3) is 5.74. The smallest absolute Gasteiger partial charge is 0.444 e. The van der Waals surface area contributed by atoms with Crippen molar-refractivity contribution in [3.8, 4) is 11.1 Å². The Bertz CT molecular complexity index is 738. The van der Waals surface area contributed by atoms with E-state index in [4.69, 9.17) is 4.74 Å². The van der Waals surface area contributed by atoms with Gasteiger partial charge in [-0.2, -0.15) is 13.2 Å². The van der Waals surface area contributed by atoms with Gasteiger partial charge in [0.15, 0.2) is 0 Å². The molecule has 0 spiro atoms. The summed E-state index contributed by atoms with van der Waals surface area (Å²) >= 11 is 0. The molecular formula is C17H18F3N3O2. The number of carbonyl (C=O) groups excluding carboxylic acids is 1. The third-order valence-electron chi connectivity index (χ3n) is 3.00. The number of hydrogen-bond acceptors (Lipinski definition) is 4. The Balaban J connectivity index is 2.07. The predicted molar refractivity (Wildman–Crippen MR) is 85.5 cm³/mol. The number of alkyl halides is 3. The van der Waals surface area contributed by atoms with Gasteiger partial charge in [0.05, 0.1) is 0 Å². The molecule has 1 amide bonds. The van der Waals surface area contributed by atoms with Crippen LogP contribution in [0.2, 0.25) is 0 Å². The number of alkyl carbamates (subject to hydrolysis) is 1. The van der Waals surface area contributed by atoms with Crippen LogP contribution >= 0.6 is 0 Å². The average Bonchev–Trinajstić information content (AvgIpc) is 2.51. The van der Waals surface area contributed by atoms with E-state index in [2.05, 4.69) is 15.3 Å². The molecule has 0 aliphatic heterocycles. The van der Waals surface area contributed by atoms with Gasteiger partial charge in [-0.25, -0.2) is 14.8 Å². The molecule has 2 rings (SSSR count). The second-order valence-electron chi connectivity index (χ2n) is 6.35. The summed E-state index contributed by atoms with van der Waals surface area (Å²) in [4.78, 5) is 18.3. The van der Waals surface area contributed by atoms with Gasteiger partial charge < -0.3 is 10.1 Å². The summed E-state index contributed by atoms with van der Waals surface area (Å²) in [5.74, 6) is -1.18. The van der Waals surface area contributed by atoms with Gasteiger partial charge in [0.2, 0.25) is 5.82 Å². The van der Waals surface area contributed by atoms with Crippen molar-refractivity contribution in [3.05, 3.63) is 48.0 Å². The van der Waals surface area contributed by atoms with Gasteiger partial charge in [-0.05, 0) is 38.0 Å². The van der Waals surface area contributed by atoms with Crippen LogP contribution < -0.4 is 5.32 Å². The van der Waals surface area contributed by atoms with Gasteiger partial charge in [0, 0.05) is 24.5 Å². The standard InChI is InChI=1S/C17H18F3N3O2/c1-16(2,3)25-15(24)23-8-11-5-4-6-12(7-11)13-9-21-14(22-10-13)17(18,19)20/h4-7,9-10H,8H2,1-3H3,(H,23,24). The number of carbonyl (C=O) groups is 1. The average molecular weight is 353 g/mol. The van der Waals surface area contributed by atoms with Gasteiger partial charge in [-0.1, -0.05) is 18.2 Å². The van der Waals surface area contributed by atoms with E-state index in [1.807, 2.05) is 0 Å². The fourth-order valence-corrected chi connectivity index (χ4v) is 1.97. The first-order valence-electron chi connectivity index (χ1n) is 7.50. The summed E-state index contributed by atoms with van der Waals surface area (Å²) in [5, 5.41) is 2.62. The zero-order valence-electron chi connectivity index (χ0n) is 14.0. The molecule has 0 aliphatic carbocycles. The molecule has 1 aromatic heterocycles. The second kappa shape index (κ2) is 7.08. The summed E-state index contributed by atoms with van der Waals surface area (Å²) in [6.07, 6.45) is -2.87. The lowest BCUT2D eigenvalue weighted by atomic mass is 10.1. The van der Waals surface area contributed by atoms with Crippen molar-refractivity contribution in [2.75, 3.05) is 0 Å². The Hall–Kier alpha value is -2.64. The van der Waals surface area contributed by atoms with E-state index < -0.39 is 23.7 Å². The van der Waals surface area contributed by atoms with Crippen molar-refractivity contribution >= 4 is 6.09 Å². The zero-order chi connectivity index (χ0) is 18.7. The van der Waals surface area contributed by atoms with Gasteiger partial charge in [-0.15, -0.1) is 0 Å². The molecule has 0 saturated heterocycles. The molecule has 0 unspecified atom stereocenters. The normalized spacial score (nSPS) is 11.9. The maximum absolute atomic E-state index is 12.5. The SMILES string of the molecule is CC(C)(C)OC(=O)NCc1cccc(-c2cnc(C(F)(F)F)nc2)c1. The highest BCUT2D eigenvalue weighted by Crippen LogP contribution is 2.27. The van der Waals surface area contributed by atoms with Crippen molar-refractivity contribution < 1.29 is 22.7 Å². The Morgan fingerprint density at radius 2 is 1.76 bits per heavy atom. The van der Waals surface area contributed by atoms with Crippen LogP contribution in [0.25, 0.3) is 11.1 Å². The minimum atomic E-state index is -4.57. The van der Waals surface area contributed by atoms with Crippen molar-refractivity contribution in [1.82, 2.24) is 15.3 Å². The van der Waals surface area contributed by atoms with Gasteiger partial charge in [-0.3, -0.25) is 0 Å². The van der Waals surface area contributed by atoms with E-state index in [0.717, 1.165) is 18.0 Å². The summed E-state index contributed by atoms with van der Waals surface area (Å²) in [5.41, 5.74) is 1.27. The molecule has 1 aromatic carbocycles. The molecule has 25 heavy (non-hydrogen) atoms. The summed E-state index contributed by atoms with van der Waals surface area (Å²) in [6.45, 7) is 5.51. The van der Waals surface area contributed by atoms with Crippen LogP contribution in [-0.4, -0.2) is 21.7 Å². The molecule has 134 valence electrons. The molecule has 0 fully saturated rings. The van der Waals surface area contributed by atoms with E-state index >= 15 is 0 Å². The molecular weight excluding hydrogens is 335 g/mol. The van der Waals surface area contributed by atoms with Gasteiger partial charge in [0.1, 0.15) is 5.60 Å². The van der Waals surface area contributed by atoms with Crippen LogP contribution in [0.3, 0.4) is 0 Å². The number of nitrogens with zero attached hydrogens (tertiary/aromatic N) is 2. The minimum absolute atomic E-state index is 0.226. The summed E-state index contributed by atoms with van der Waals surface area (Å²) in [6, 6.07) is 6.98. The molecule has 0 atom stereocenters. The molecule has 0 bridgehead atoms. The van der Waals surface area contributed by atoms with Crippen molar-refractivity contribution in [2.45, 2.75) is 39.1 Å². The van der Waals surface area contributed by atoms with Crippen molar-refractivity contribution in [2.24, 2.45) is 0 Å². The first kappa shape index (κ1) is 18.7. The first-order valence-corrected chi connectivity index (χ1v) is 7.50. The molecule has 0 saturated carbocycles. The number of rotatable bonds is 3. The molecule has 0 aliphatic rings. The van der Waals surface area contributed by atoms with E-state index in [1.165, 1.54) is 0 Å². The molecule has 2 aromatic rings. The highest BCUT2D eigenvalue weighted by Gasteiger charge is 2.34. The highest BCUT2D eigenvalue weighted by atomic mass is 19.4. The summed E-state index contributed by atoms with van der Waals surface area (Å²) in [7, 11) is 0. The first-order chi connectivity index (χ1) is 11.5. The van der Waals surface area contributed by atoms with E-state index in [9.17, 15) is 18.0 Å². The number of benzene rings is 1. The monoisotopic (exact) mass is 353 g/mol. The van der Waals surface area contributed by atoms with Crippen LogP contribution in [-0.2, 0) is 17.5 Å². The maximum atomic E-state index is 12.5. The zero-order valence-corrected chi connectivity index (χ0v) is 14.0. The Morgan fingerprint density at radius 1 is 1.12 bits per heavy atom. The fourth-order valence-electron chi connectivity index (χ4n) is 1.97. The highest BCUT2D eigenvalue weighted by molar-refractivity contribution is 5.68. The molecule has 0 radical (unpaired) electrons. The Labute approximate surface area is 143 Å². The molecule has 5 nitrogen and oxygen atoms in total. The number of ether oxygens (including phenoxy) is 1. The Morgan fingerprint density at radius 3 is 2.32 bits per heavy atom. The van der Waals surface area contributed by atoms with Crippen LogP contribution in [0.1, 0.15) is 32.2 Å². The van der Waals surface area contributed by atoms with E-state index in [1.54, 1.807) is 45.0 Å². The van der Waals surface area contributed by atoms with Crippen LogP contribution in [0.5, 0.6) is 0 Å². The fraction of sp³-hybridized carbons (Fsp3) is 0.353. The lowest BCUT2D eigenvalue weighted by Crippen LogP contribution is -2.32. The van der Waals surface area contributed by atoms with Crippen LogP contribution in [0.4, 0.5) is 18.0 Å². The molecule has 8 heteroatoms. The second-order valence-corrected chi connectivity index (χ2v) is 6.35. The van der Waals surface area contributed by atoms with Crippen molar-refractivity contribution in [3.63, 3.8) is 0 Å². The summed E-state index contributed by atoms with van der Waals surface area (Å²) < 4.78 is 42.7. The quantitative estimate of drug-likeness (QED) is 0.899.